The maximum absolute atomic E-state index is 13.8. The highest BCUT2D eigenvalue weighted by Gasteiger charge is 2.47. The molecule has 1 amide bonds. The van der Waals surface area contributed by atoms with Crippen molar-refractivity contribution in [2.45, 2.75) is 69.6 Å². The van der Waals surface area contributed by atoms with Gasteiger partial charge in [-0.1, -0.05) is 6.07 Å². The Morgan fingerprint density at radius 2 is 1.62 bits per heavy atom. The first-order valence-electron chi connectivity index (χ1n) is 15.4. The summed E-state index contributed by atoms with van der Waals surface area (Å²) in [7, 11) is 1.41. The quantitative estimate of drug-likeness (QED) is 0.238. The summed E-state index contributed by atoms with van der Waals surface area (Å²) in [5, 5.41) is 9.35. The summed E-state index contributed by atoms with van der Waals surface area (Å²) < 4.78 is 120. The second-order valence-corrected chi connectivity index (χ2v) is 12.8. The van der Waals surface area contributed by atoms with E-state index in [9.17, 15) is 49.8 Å². The summed E-state index contributed by atoms with van der Waals surface area (Å²) in [4.78, 5) is 36.0. The van der Waals surface area contributed by atoms with Crippen molar-refractivity contribution in [2.75, 3.05) is 25.1 Å². The molecule has 1 aliphatic carbocycles. The Labute approximate surface area is 279 Å². The Hall–Kier alpha value is -4.70. The molecular formula is C33H30F8N4O5. The van der Waals surface area contributed by atoms with Crippen molar-refractivity contribution in [2.24, 2.45) is 5.92 Å². The third-order valence-corrected chi connectivity index (χ3v) is 9.38. The van der Waals surface area contributed by atoms with Crippen molar-refractivity contribution < 1.29 is 59.3 Å². The molecule has 3 aliphatic rings. The number of nitrogens with zero attached hydrogens (tertiary/aromatic N) is 4. The van der Waals surface area contributed by atoms with Crippen LogP contribution in [-0.4, -0.2) is 64.2 Å². The van der Waals surface area contributed by atoms with E-state index in [1.807, 2.05) is 0 Å². The zero-order valence-electron chi connectivity index (χ0n) is 26.7. The fourth-order valence-electron chi connectivity index (χ4n) is 6.61. The number of amides is 1. The van der Waals surface area contributed by atoms with Crippen LogP contribution in [0.5, 0.6) is 5.75 Å². The van der Waals surface area contributed by atoms with E-state index in [1.165, 1.54) is 18.9 Å². The third kappa shape index (κ3) is 6.61. The molecule has 2 saturated heterocycles. The van der Waals surface area contributed by atoms with Crippen molar-refractivity contribution in [3.63, 3.8) is 0 Å². The first-order chi connectivity index (χ1) is 23.3. The number of alkyl halides is 8. The van der Waals surface area contributed by atoms with Crippen molar-refractivity contribution >= 4 is 18.0 Å². The molecule has 17 heteroatoms. The van der Waals surface area contributed by atoms with E-state index < -0.39 is 84.7 Å². The summed E-state index contributed by atoms with van der Waals surface area (Å²) in [5.41, 5.74) is -1.65. The lowest BCUT2D eigenvalue weighted by molar-refractivity contribution is -0.145. The predicted octanol–water partition coefficient (Wildman–Crippen LogP) is 7.61. The highest BCUT2D eigenvalue weighted by molar-refractivity contribution is 5.78. The Morgan fingerprint density at radius 3 is 2.16 bits per heavy atom. The second-order valence-electron chi connectivity index (χ2n) is 12.8. The van der Waals surface area contributed by atoms with E-state index in [1.54, 1.807) is 25.1 Å². The minimum atomic E-state index is -5.12. The van der Waals surface area contributed by atoms with Gasteiger partial charge in [-0.3, -0.25) is 9.69 Å². The van der Waals surface area contributed by atoms with Gasteiger partial charge >= 0.3 is 24.4 Å². The number of ether oxygens (including phenoxy) is 2. The standard InChI is InChI=1S/C33H30F8N4O5/c1-15-26(23-10-17(4-5-25(23)49-3)18-6-20(7-18)28(46)47)24(43-29(42-15)44-13-31(34,35)14-44)12-45-16(2)27(50-30(45)48)19-8-21(32(36,37)38)11-22(9-19)33(39,40)41/h4-5,8-11,16,18,20,27H,6-7,12-14H2,1-3H3,(H,46,47). The first-order valence-corrected chi connectivity index (χ1v) is 15.4. The number of anilines is 1. The smallest absolute Gasteiger partial charge is 0.416 e. The lowest BCUT2D eigenvalue weighted by Gasteiger charge is -2.39. The zero-order valence-corrected chi connectivity index (χ0v) is 26.7. The summed E-state index contributed by atoms with van der Waals surface area (Å²) >= 11 is 0. The molecule has 3 fully saturated rings. The number of rotatable bonds is 8. The van der Waals surface area contributed by atoms with Crippen LogP contribution in [-0.2, 0) is 28.4 Å². The molecule has 9 nitrogen and oxygen atoms in total. The molecule has 2 aromatic carbocycles. The van der Waals surface area contributed by atoms with Crippen LogP contribution in [0.15, 0.2) is 36.4 Å². The Morgan fingerprint density at radius 1 is 1.00 bits per heavy atom. The fraction of sp³-hybridized carbons (Fsp3) is 0.455. The van der Waals surface area contributed by atoms with E-state index in [0.717, 1.165) is 10.5 Å². The van der Waals surface area contributed by atoms with Gasteiger partial charge in [0.1, 0.15) is 11.9 Å². The highest BCUT2D eigenvalue weighted by atomic mass is 19.4. The van der Waals surface area contributed by atoms with Gasteiger partial charge < -0.3 is 19.5 Å². The fourth-order valence-corrected chi connectivity index (χ4v) is 6.61. The van der Waals surface area contributed by atoms with Crippen molar-refractivity contribution in [3.8, 4) is 16.9 Å². The number of hydrogen-bond donors (Lipinski definition) is 1. The number of carboxylic acid groups (broad SMARTS) is 1. The number of aryl methyl sites for hydroxylation is 1. The number of halogens is 8. The summed E-state index contributed by atoms with van der Waals surface area (Å²) in [5.74, 6) is -4.20. The topological polar surface area (TPSA) is 105 Å². The van der Waals surface area contributed by atoms with Gasteiger partial charge in [-0.2, -0.15) is 26.3 Å². The van der Waals surface area contributed by atoms with Crippen molar-refractivity contribution in [1.29, 1.82) is 0 Å². The maximum Gasteiger partial charge on any atom is 0.416 e. The molecule has 268 valence electrons. The Bertz CT molecular complexity index is 1800. The summed E-state index contributed by atoms with van der Waals surface area (Å²) in [6, 6.07) is 5.09. The lowest BCUT2D eigenvalue weighted by atomic mass is 9.71. The molecule has 3 aromatic rings. The molecule has 2 atom stereocenters. The van der Waals surface area contributed by atoms with Gasteiger partial charge in [0.15, 0.2) is 0 Å². The minimum Gasteiger partial charge on any atom is -0.496 e. The highest BCUT2D eigenvalue weighted by Crippen LogP contribution is 2.46. The molecule has 50 heavy (non-hydrogen) atoms. The largest absolute Gasteiger partial charge is 0.496 e. The third-order valence-electron chi connectivity index (χ3n) is 9.38. The van der Waals surface area contributed by atoms with E-state index in [2.05, 4.69) is 9.97 Å². The molecular weight excluding hydrogens is 684 g/mol. The normalized spacial score (nSPS) is 23.3. The number of carboxylic acids is 1. The van der Waals surface area contributed by atoms with Crippen LogP contribution in [0, 0.1) is 12.8 Å². The summed E-state index contributed by atoms with van der Waals surface area (Å²) in [6.45, 7) is 1.25. The van der Waals surface area contributed by atoms with Crippen molar-refractivity contribution in [1.82, 2.24) is 14.9 Å². The SMILES string of the molecule is COc1ccc(C2CC(C(=O)O)C2)cc1-c1c(C)nc(N2CC(F)(F)C2)nc1CN1C(=O)OC(c2cc(C(F)(F)F)cc(C(F)(F)F)c2)C1C. The molecule has 6 rings (SSSR count). The molecule has 0 bridgehead atoms. The van der Waals surface area contributed by atoms with Crippen LogP contribution in [0.25, 0.3) is 11.1 Å². The number of carbonyl (C=O) groups excluding carboxylic acids is 1. The van der Waals surface area contributed by atoms with Gasteiger partial charge in [0.25, 0.3) is 5.92 Å². The zero-order chi connectivity index (χ0) is 36.5. The molecule has 0 radical (unpaired) electrons. The molecule has 3 heterocycles. The van der Waals surface area contributed by atoms with Gasteiger partial charge in [0, 0.05) is 11.1 Å². The van der Waals surface area contributed by atoms with Gasteiger partial charge in [-0.25, -0.2) is 23.5 Å². The van der Waals surface area contributed by atoms with E-state index in [-0.39, 0.29) is 23.6 Å². The van der Waals surface area contributed by atoms with Gasteiger partial charge in [0.2, 0.25) is 5.95 Å². The molecule has 2 unspecified atom stereocenters. The van der Waals surface area contributed by atoms with Crippen LogP contribution in [0.4, 0.5) is 45.9 Å². The van der Waals surface area contributed by atoms with E-state index in [4.69, 9.17) is 9.47 Å². The Kier molecular flexibility index (Phi) is 8.62. The lowest BCUT2D eigenvalue weighted by Crippen LogP contribution is -2.57. The number of methoxy groups -OCH3 is 1. The first kappa shape index (κ1) is 35.1. The molecule has 1 N–H and O–H groups in total. The number of hydrogen-bond acceptors (Lipinski definition) is 7. The number of carbonyl (C=O) groups is 2. The Balaban J connectivity index is 1.40. The monoisotopic (exact) mass is 714 g/mol. The van der Waals surface area contributed by atoms with Crippen LogP contribution in [0.3, 0.4) is 0 Å². The molecule has 1 aromatic heterocycles. The second kappa shape index (κ2) is 12.3. The average molecular weight is 715 g/mol. The number of aliphatic carboxylic acids is 1. The van der Waals surface area contributed by atoms with Gasteiger partial charge in [-0.15, -0.1) is 0 Å². The maximum atomic E-state index is 13.8. The number of cyclic esters (lactones) is 1. The van der Waals surface area contributed by atoms with Crippen LogP contribution in [0.1, 0.15) is 65.4 Å². The van der Waals surface area contributed by atoms with Crippen LogP contribution in [0.2, 0.25) is 0 Å². The molecule has 1 saturated carbocycles. The van der Waals surface area contributed by atoms with Gasteiger partial charge in [-0.05, 0) is 74.1 Å². The number of aromatic nitrogens is 2. The molecule has 0 spiro atoms. The summed E-state index contributed by atoms with van der Waals surface area (Å²) in [6.07, 6.45) is -12.0. The average Bonchev–Trinajstić information content (AvgIpc) is 3.26. The van der Waals surface area contributed by atoms with Crippen LogP contribution < -0.4 is 9.64 Å². The van der Waals surface area contributed by atoms with E-state index >= 15 is 0 Å². The minimum absolute atomic E-state index is 0.0214. The van der Waals surface area contributed by atoms with Crippen LogP contribution >= 0.6 is 0 Å². The predicted molar refractivity (Wildman–Crippen MR) is 160 cm³/mol. The van der Waals surface area contributed by atoms with E-state index in [0.29, 0.717) is 47.5 Å². The number of benzene rings is 2. The van der Waals surface area contributed by atoms with Gasteiger partial charge in [0.05, 0.1) is 61.2 Å². The van der Waals surface area contributed by atoms with Crippen molar-refractivity contribution in [3.05, 3.63) is 70.0 Å². The molecule has 2 aliphatic heterocycles.